The predicted molar refractivity (Wildman–Crippen MR) is 125 cm³/mol. The van der Waals surface area contributed by atoms with Crippen LogP contribution in [-0.4, -0.2) is 79.4 Å². The number of carbonyl (C=O) groups excluding carboxylic acids is 3. The Bertz CT molecular complexity index is 895. The first-order valence-electron chi connectivity index (χ1n) is 12.7. The van der Waals surface area contributed by atoms with Crippen molar-refractivity contribution >= 4 is 23.3 Å². The number of aryl methyl sites for hydroxylation is 1. The van der Waals surface area contributed by atoms with Gasteiger partial charge in [0.15, 0.2) is 12.4 Å². The number of fused-ring (bicyclic) bond motifs is 1. The Morgan fingerprint density at radius 2 is 1.64 bits per heavy atom. The average molecular weight is 454 g/mol. The quantitative estimate of drug-likeness (QED) is 0.639. The topological polar surface area (TPSA) is 70.2 Å². The molecule has 0 atom stereocenters. The first-order chi connectivity index (χ1) is 16.1. The fraction of sp³-hybridized carbons (Fsp3) is 0.654. The third-order valence-electron chi connectivity index (χ3n) is 8.05. The number of carbonyl (C=O) groups is 3. The van der Waals surface area contributed by atoms with Crippen LogP contribution in [0, 0.1) is 5.92 Å². The molecule has 0 spiro atoms. The van der Waals surface area contributed by atoms with Gasteiger partial charge in [-0.25, -0.2) is 0 Å². The number of rotatable bonds is 5. The molecular weight excluding hydrogens is 418 g/mol. The van der Waals surface area contributed by atoms with Gasteiger partial charge in [-0.15, -0.1) is 0 Å². The summed E-state index contributed by atoms with van der Waals surface area (Å²) >= 11 is 0. The van der Waals surface area contributed by atoms with E-state index in [2.05, 4.69) is 15.9 Å². The van der Waals surface area contributed by atoms with Gasteiger partial charge in [0, 0.05) is 63.0 Å². The lowest BCUT2D eigenvalue weighted by atomic mass is 9.96. The van der Waals surface area contributed by atoms with Crippen molar-refractivity contribution in [3.63, 3.8) is 0 Å². The SMILES string of the molecule is O=C1CCc2cc(N3CCC(C(=O)OCC(=O)N4CCN(C5CCCC5)CC4)CC3)ccc21. The lowest BCUT2D eigenvalue weighted by Gasteiger charge is -2.38. The van der Waals surface area contributed by atoms with Gasteiger partial charge < -0.3 is 14.5 Å². The van der Waals surface area contributed by atoms with Crippen molar-refractivity contribution in [2.24, 2.45) is 5.92 Å². The summed E-state index contributed by atoms with van der Waals surface area (Å²) in [4.78, 5) is 43.7. The third kappa shape index (κ3) is 4.93. The fourth-order valence-corrected chi connectivity index (χ4v) is 5.96. The summed E-state index contributed by atoms with van der Waals surface area (Å²) in [6.45, 7) is 4.75. The molecule has 2 heterocycles. The molecule has 0 N–H and O–H groups in total. The highest BCUT2D eigenvalue weighted by atomic mass is 16.5. The maximum Gasteiger partial charge on any atom is 0.309 e. The fourth-order valence-electron chi connectivity index (χ4n) is 5.96. The van der Waals surface area contributed by atoms with E-state index < -0.39 is 0 Å². The van der Waals surface area contributed by atoms with Crippen LogP contribution < -0.4 is 4.90 Å². The number of esters is 1. The molecule has 4 aliphatic rings. The summed E-state index contributed by atoms with van der Waals surface area (Å²) < 4.78 is 5.44. The molecule has 0 radical (unpaired) electrons. The van der Waals surface area contributed by atoms with Crippen molar-refractivity contribution in [1.82, 2.24) is 9.80 Å². The average Bonchev–Trinajstić information content (AvgIpc) is 3.53. The zero-order valence-corrected chi connectivity index (χ0v) is 19.5. The maximum absolute atomic E-state index is 12.6. The highest BCUT2D eigenvalue weighted by Crippen LogP contribution is 2.30. The molecule has 2 saturated heterocycles. The first-order valence-corrected chi connectivity index (χ1v) is 12.7. The van der Waals surface area contributed by atoms with Gasteiger partial charge in [0.05, 0.1) is 5.92 Å². The number of amides is 1. The van der Waals surface area contributed by atoms with E-state index >= 15 is 0 Å². The van der Waals surface area contributed by atoms with Crippen LogP contribution in [0.1, 0.15) is 60.9 Å². The summed E-state index contributed by atoms with van der Waals surface area (Å²) in [6.07, 6.45) is 8.12. The van der Waals surface area contributed by atoms with Crippen LogP contribution in [0.15, 0.2) is 18.2 Å². The standard InChI is InChI=1S/C26H35N3O4/c30-24-8-5-20-17-22(6-7-23(20)24)27-11-9-19(10-12-27)26(32)33-18-25(31)29-15-13-28(14-16-29)21-3-1-2-4-21/h6-7,17,19,21H,1-5,8-16,18H2. The van der Waals surface area contributed by atoms with Gasteiger partial charge in [-0.1, -0.05) is 12.8 Å². The van der Waals surface area contributed by atoms with Gasteiger partial charge in [-0.05, 0) is 55.9 Å². The molecule has 1 saturated carbocycles. The van der Waals surface area contributed by atoms with E-state index in [1.807, 2.05) is 17.0 Å². The van der Waals surface area contributed by atoms with E-state index in [0.29, 0.717) is 12.5 Å². The largest absolute Gasteiger partial charge is 0.455 e. The Labute approximate surface area is 196 Å². The molecule has 2 aliphatic heterocycles. The Hall–Kier alpha value is -2.41. The van der Waals surface area contributed by atoms with Crippen molar-refractivity contribution in [1.29, 1.82) is 0 Å². The number of hydrogen-bond donors (Lipinski definition) is 0. The highest BCUT2D eigenvalue weighted by Gasteiger charge is 2.30. The molecule has 7 nitrogen and oxygen atoms in total. The second-order valence-electron chi connectivity index (χ2n) is 9.99. The number of anilines is 1. The number of piperidine rings is 1. The Morgan fingerprint density at radius 3 is 2.36 bits per heavy atom. The van der Waals surface area contributed by atoms with Crippen LogP contribution in [-0.2, 0) is 20.7 Å². The zero-order chi connectivity index (χ0) is 22.8. The van der Waals surface area contributed by atoms with Crippen LogP contribution in [0.2, 0.25) is 0 Å². The molecule has 2 aliphatic carbocycles. The van der Waals surface area contributed by atoms with Crippen molar-refractivity contribution < 1.29 is 19.1 Å². The molecule has 0 bridgehead atoms. The summed E-state index contributed by atoms with van der Waals surface area (Å²) in [5.74, 6) is -0.223. The Balaban J connectivity index is 1.04. The molecule has 178 valence electrons. The van der Waals surface area contributed by atoms with Gasteiger partial charge in [-0.2, -0.15) is 0 Å². The van der Waals surface area contributed by atoms with Gasteiger partial charge in [0.1, 0.15) is 0 Å². The van der Waals surface area contributed by atoms with Crippen molar-refractivity contribution in [3.8, 4) is 0 Å². The predicted octanol–water partition coefficient (Wildman–Crippen LogP) is 2.66. The minimum atomic E-state index is -0.243. The molecular formula is C26H35N3O4. The van der Waals surface area contributed by atoms with Crippen molar-refractivity contribution in [2.45, 2.75) is 57.4 Å². The van der Waals surface area contributed by atoms with Gasteiger partial charge in [0.2, 0.25) is 0 Å². The number of nitrogens with zero attached hydrogens (tertiary/aromatic N) is 3. The number of benzene rings is 1. The van der Waals surface area contributed by atoms with E-state index in [4.69, 9.17) is 4.74 Å². The van der Waals surface area contributed by atoms with Crippen LogP contribution in [0.5, 0.6) is 0 Å². The first kappa shape index (κ1) is 22.4. The summed E-state index contributed by atoms with van der Waals surface area (Å²) in [6, 6.07) is 6.79. The Morgan fingerprint density at radius 1 is 0.909 bits per heavy atom. The molecule has 7 heteroatoms. The molecule has 3 fully saturated rings. The molecule has 1 aromatic rings. The molecule has 1 aromatic carbocycles. The highest BCUT2D eigenvalue weighted by molar-refractivity contribution is 6.00. The monoisotopic (exact) mass is 453 g/mol. The number of hydrogen-bond acceptors (Lipinski definition) is 6. The van der Waals surface area contributed by atoms with Crippen LogP contribution in [0.3, 0.4) is 0 Å². The van der Waals surface area contributed by atoms with Gasteiger partial charge >= 0.3 is 5.97 Å². The maximum atomic E-state index is 12.6. The molecule has 1 amide bonds. The van der Waals surface area contributed by atoms with Crippen LogP contribution in [0.25, 0.3) is 0 Å². The number of ketones is 1. The molecule has 0 aromatic heterocycles. The molecule has 33 heavy (non-hydrogen) atoms. The van der Waals surface area contributed by atoms with Crippen molar-refractivity contribution in [2.75, 3.05) is 50.8 Å². The van der Waals surface area contributed by atoms with E-state index in [1.54, 1.807) is 0 Å². The Kier molecular flexibility index (Phi) is 6.67. The minimum absolute atomic E-state index is 0.0699. The third-order valence-corrected chi connectivity index (χ3v) is 8.05. The van der Waals surface area contributed by atoms with Gasteiger partial charge in [-0.3, -0.25) is 19.3 Å². The lowest BCUT2D eigenvalue weighted by molar-refractivity contribution is -0.156. The lowest BCUT2D eigenvalue weighted by Crippen LogP contribution is -2.52. The van der Waals surface area contributed by atoms with Gasteiger partial charge in [0.25, 0.3) is 5.91 Å². The summed E-state index contributed by atoms with van der Waals surface area (Å²) in [5, 5.41) is 0. The number of Topliss-reactive ketones (excluding diaryl/α,β-unsaturated/α-hetero) is 1. The summed E-state index contributed by atoms with van der Waals surface area (Å²) in [7, 11) is 0. The number of piperazine rings is 1. The zero-order valence-electron chi connectivity index (χ0n) is 19.5. The summed E-state index contributed by atoms with van der Waals surface area (Å²) in [5.41, 5.74) is 3.13. The normalized spacial score (nSPS) is 22.6. The van der Waals surface area contributed by atoms with Crippen LogP contribution in [0.4, 0.5) is 5.69 Å². The second-order valence-corrected chi connectivity index (χ2v) is 9.99. The van der Waals surface area contributed by atoms with E-state index in [1.165, 1.54) is 25.7 Å². The molecule has 0 unspecified atom stereocenters. The number of ether oxygens (including phenoxy) is 1. The van der Waals surface area contributed by atoms with E-state index in [-0.39, 0.29) is 30.2 Å². The van der Waals surface area contributed by atoms with E-state index in [0.717, 1.165) is 75.3 Å². The van der Waals surface area contributed by atoms with E-state index in [9.17, 15) is 14.4 Å². The second kappa shape index (κ2) is 9.84. The van der Waals surface area contributed by atoms with Crippen molar-refractivity contribution in [3.05, 3.63) is 29.3 Å². The molecule has 5 rings (SSSR count). The smallest absolute Gasteiger partial charge is 0.309 e. The minimum Gasteiger partial charge on any atom is -0.455 e. The van der Waals surface area contributed by atoms with Crippen LogP contribution >= 0.6 is 0 Å².